The SMILES string of the molecule is NC(O)(CCCO[C@H]1O[C@H](CO)[C@H](O)[C@H](O)[C@H]1O)CP(=O)(O)O. The molecule has 0 saturated carbocycles. The summed E-state index contributed by atoms with van der Waals surface area (Å²) in [6.45, 7) is -0.695. The third kappa shape index (κ3) is 6.69. The average molecular weight is 361 g/mol. The Balaban J connectivity index is 2.41. The van der Waals surface area contributed by atoms with E-state index in [4.69, 9.17) is 30.1 Å². The first-order chi connectivity index (χ1) is 10.5. The molecule has 1 saturated heterocycles. The maximum atomic E-state index is 10.8. The van der Waals surface area contributed by atoms with Gasteiger partial charge < -0.3 is 50.5 Å². The lowest BCUT2D eigenvalue weighted by atomic mass is 9.99. The summed E-state index contributed by atoms with van der Waals surface area (Å²) < 4.78 is 21.1. The molecule has 1 rings (SSSR count). The maximum Gasteiger partial charge on any atom is 0.329 e. The molecule has 0 amide bonds. The van der Waals surface area contributed by atoms with Gasteiger partial charge in [-0.25, -0.2) is 0 Å². The lowest BCUT2D eigenvalue weighted by molar-refractivity contribution is -0.301. The molecular formula is C11H24NO10P. The lowest BCUT2D eigenvalue weighted by Crippen LogP contribution is -2.59. The van der Waals surface area contributed by atoms with E-state index in [1.807, 2.05) is 0 Å². The highest BCUT2D eigenvalue weighted by atomic mass is 31.2. The molecule has 12 heteroatoms. The molecule has 23 heavy (non-hydrogen) atoms. The monoisotopic (exact) mass is 361 g/mol. The molecule has 0 bridgehead atoms. The Labute approximate surface area is 132 Å². The molecule has 1 aliphatic rings. The van der Waals surface area contributed by atoms with Crippen molar-refractivity contribution in [1.82, 2.24) is 0 Å². The van der Waals surface area contributed by atoms with Crippen molar-refractivity contribution in [2.75, 3.05) is 19.4 Å². The Hall–Kier alpha value is -0.170. The van der Waals surface area contributed by atoms with Crippen molar-refractivity contribution in [3.05, 3.63) is 0 Å². The summed E-state index contributed by atoms with van der Waals surface area (Å²) in [6.07, 6.45) is -8.01. The van der Waals surface area contributed by atoms with Gasteiger partial charge >= 0.3 is 7.60 Å². The van der Waals surface area contributed by atoms with Crippen LogP contribution in [-0.2, 0) is 14.0 Å². The summed E-state index contributed by atoms with van der Waals surface area (Å²) in [7, 11) is -4.47. The van der Waals surface area contributed by atoms with Gasteiger partial charge in [0.2, 0.25) is 0 Å². The third-order valence-corrected chi connectivity index (χ3v) is 4.32. The Morgan fingerprint density at radius 1 is 1.17 bits per heavy atom. The van der Waals surface area contributed by atoms with Crippen molar-refractivity contribution < 1.29 is 49.4 Å². The molecule has 0 aromatic heterocycles. The van der Waals surface area contributed by atoms with Crippen molar-refractivity contribution in [2.45, 2.75) is 49.3 Å². The molecule has 11 nitrogen and oxygen atoms in total. The first kappa shape index (κ1) is 20.9. The van der Waals surface area contributed by atoms with Crippen molar-refractivity contribution in [3.8, 4) is 0 Å². The number of hydrogen-bond donors (Lipinski definition) is 8. The van der Waals surface area contributed by atoms with Gasteiger partial charge in [0.25, 0.3) is 0 Å². The predicted octanol–water partition coefficient (Wildman–Crippen LogP) is -3.59. The van der Waals surface area contributed by atoms with Gasteiger partial charge in [0, 0.05) is 0 Å². The number of aliphatic hydroxyl groups excluding tert-OH is 4. The first-order valence-corrected chi connectivity index (χ1v) is 8.74. The molecular weight excluding hydrogens is 337 g/mol. The molecule has 1 heterocycles. The van der Waals surface area contributed by atoms with E-state index in [2.05, 4.69) is 0 Å². The number of nitrogens with two attached hydrogens (primary N) is 1. The molecule has 9 N–H and O–H groups in total. The van der Waals surface area contributed by atoms with Crippen LogP contribution in [-0.4, -0.2) is 91.1 Å². The van der Waals surface area contributed by atoms with Gasteiger partial charge in [0.15, 0.2) is 6.29 Å². The Kier molecular flexibility index (Phi) is 7.51. The predicted molar refractivity (Wildman–Crippen MR) is 75.0 cm³/mol. The van der Waals surface area contributed by atoms with Crippen LogP contribution in [0.1, 0.15) is 12.8 Å². The van der Waals surface area contributed by atoms with Crippen LogP contribution in [0.3, 0.4) is 0 Å². The number of hydrogen-bond acceptors (Lipinski definition) is 9. The molecule has 138 valence electrons. The van der Waals surface area contributed by atoms with Crippen LogP contribution in [0.5, 0.6) is 0 Å². The molecule has 0 aliphatic carbocycles. The van der Waals surface area contributed by atoms with Gasteiger partial charge in [-0.2, -0.15) is 0 Å². The molecule has 6 atom stereocenters. The van der Waals surface area contributed by atoms with E-state index in [1.54, 1.807) is 0 Å². The lowest BCUT2D eigenvalue weighted by Gasteiger charge is -2.39. The van der Waals surface area contributed by atoms with Gasteiger partial charge in [0.1, 0.15) is 30.1 Å². The van der Waals surface area contributed by atoms with Gasteiger partial charge in [-0.15, -0.1) is 0 Å². The van der Waals surface area contributed by atoms with Gasteiger partial charge in [-0.05, 0) is 12.8 Å². The smallest absolute Gasteiger partial charge is 0.329 e. The van der Waals surface area contributed by atoms with Crippen LogP contribution in [0.25, 0.3) is 0 Å². The van der Waals surface area contributed by atoms with Gasteiger partial charge in [0.05, 0.1) is 19.4 Å². The summed E-state index contributed by atoms with van der Waals surface area (Å²) in [5.74, 6) is 0. The molecule has 0 aromatic carbocycles. The van der Waals surface area contributed by atoms with Crippen molar-refractivity contribution in [3.63, 3.8) is 0 Å². The van der Waals surface area contributed by atoms with E-state index < -0.39 is 56.8 Å². The quantitative estimate of drug-likeness (QED) is 0.120. The van der Waals surface area contributed by atoms with Crippen LogP contribution in [0.4, 0.5) is 0 Å². The Morgan fingerprint density at radius 2 is 1.78 bits per heavy atom. The second kappa shape index (κ2) is 8.28. The topological polar surface area (TPSA) is 203 Å². The summed E-state index contributed by atoms with van der Waals surface area (Å²) in [4.78, 5) is 17.5. The fraction of sp³-hybridized carbons (Fsp3) is 1.00. The highest BCUT2D eigenvalue weighted by Gasteiger charge is 2.44. The van der Waals surface area contributed by atoms with Crippen molar-refractivity contribution in [1.29, 1.82) is 0 Å². The Bertz CT molecular complexity index is 414. The van der Waals surface area contributed by atoms with E-state index >= 15 is 0 Å². The fourth-order valence-corrected chi connectivity index (χ4v) is 3.09. The summed E-state index contributed by atoms with van der Waals surface area (Å²) in [5, 5.41) is 47.5. The van der Waals surface area contributed by atoms with E-state index in [1.165, 1.54) is 0 Å². The summed E-state index contributed by atoms with van der Waals surface area (Å²) in [6, 6.07) is 0. The molecule has 0 aromatic rings. The normalized spacial score (nSPS) is 35.0. The van der Waals surface area contributed by atoms with Crippen LogP contribution in [0.15, 0.2) is 0 Å². The molecule has 1 unspecified atom stereocenters. The van der Waals surface area contributed by atoms with E-state index in [0.717, 1.165) is 0 Å². The second-order valence-corrected chi connectivity index (χ2v) is 7.24. The minimum Gasteiger partial charge on any atom is -0.394 e. The summed E-state index contributed by atoms with van der Waals surface area (Å²) in [5.41, 5.74) is 3.28. The molecule has 1 fully saturated rings. The van der Waals surface area contributed by atoms with E-state index in [9.17, 15) is 25.0 Å². The third-order valence-electron chi connectivity index (χ3n) is 3.36. The van der Waals surface area contributed by atoms with Crippen molar-refractivity contribution in [2.24, 2.45) is 5.73 Å². The standard InChI is InChI=1S/C11H24NO10P/c12-11(17,5-23(18,19)20)2-1-3-21-10-9(16)8(15)7(14)6(4-13)22-10/h6-10,13-17H,1-5,12H2,(H2,18,19,20)/t6-,7+,8+,9-,10+,11?/m1/s1. The second-order valence-electron chi connectivity index (χ2n) is 5.60. The number of rotatable bonds is 8. The van der Waals surface area contributed by atoms with Crippen LogP contribution >= 0.6 is 7.60 Å². The zero-order chi connectivity index (χ0) is 17.8. The van der Waals surface area contributed by atoms with E-state index in [-0.39, 0.29) is 19.4 Å². The van der Waals surface area contributed by atoms with Crippen molar-refractivity contribution >= 4 is 7.60 Å². The molecule has 1 aliphatic heterocycles. The van der Waals surface area contributed by atoms with Gasteiger partial charge in [-0.3, -0.25) is 4.57 Å². The number of aliphatic hydroxyl groups is 5. The minimum atomic E-state index is -4.47. The average Bonchev–Trinajstić information content (AvgIpc) is 2.40. The fourth-order valence-electron chi connectivity index (χ4n) is 2.22. The van der Waals surface area contributed by atoms with Crippen LogP contribution in [0.2, 0.25) is 0 Å². The first-order valence-electron chi connectivity index (χ1n) is 6.95. The summed E-state index contributed by atoms with van der Waals surface area (Å²) >= 11 is 0. The minimum absolute atomic E-state index is 0.0853. The highest BCUT2D eigenvalue weighted by Crippen LogP contribution is 2.38. The zero-order valence-electron chi connectivity index (χ0n) is 12.3. The zero-order valence-corrected chi connectivity index (χ0v) is 13.2. The van der Waals surface area contributed by atoms with Crippen LogP contribution < -0.4 is 5.73 Å². The van der Waals surface area contributed by atoms with Gasteiger partial charge in [-0.1, -0.05) is 0 Å². The number of ether oxygens (including phenoxy) is 2. The Morgan fingerprint density at radius 3 is 2.30 bits per heavy atom. The van der Waals surface area contributed by atoms with E-state index in [0.29, 0.717) is 0 Å². The molecule has 0 radical (unpaired) electrons. The molecule has 0 spiro atoms. The highest BCUT2D eigenvalue weighted by molar-refractivity contribution is 7.51. The largest absolute Gasteiger partial charge is 0.394 e. The van der Waals surface area contributed by atoms with Crippen LogP contribution in [0, 0.1) is 0 Å². The maximum absolute atomic E-state index is 10.8.